The van der Waals surface area contributed by atoms with Gasteiger partial charge in [0.15, 0.2) is 0 Å². The van der Waals surface area contributed by atoms with Crippen LogP contribution < -0.4 is 4.74 Å². The van der Waals surface area contributed by atoms with E-state index in [0.29, 0.717) is 21.9 Å². The van der Waals surface area contributed by atoms with E-state index in [1.807, 2.05) is 0 Å². The van der Waals surface area contributed by atoms with Gasteiger partial charge in [-0.05, 0) is 30.2 Å². The van der Waals surface area contributed by atoms with Gasteiger partial charge < -0.3 is 9.84 Å². The van der Waals surface area contributed by atoms with Crippen molar-refractivity contribution in [1.29, 1.82) is 0 Å². The first kappa shape index (κ1) is 15.3. The van der Waals surface area contributed by atoms with Crippen LogP contribution in [0.2, 0.25) is 5.02 Å². The van der Waals surface area contributed by atoms with E-state index >= 15 is 0 Å². The molecular formula is C15H14ClNO4. The topological polar surface area (TPSA) is 72.6 Å². The monoisotopic (exact) mass is 307 g/mol. The van der Waals surface area contributed by atoms with Crippen LogP contribution in [0.1, 0.15) is 24.2 Å². The number of hydrogen-bond acceptors (Lipinski definition) is 4. The fraction of sp³-hybridized carbons (Fsp3) is 0.200. The van der Waals surface area contributed by atoms with Gasteiger partial charge in [-0.2, -0.15) is 0 Å². The predicted octanol–water partition coefficient (Wildman–Crippen LogP) is 3.88. The van der Waals surface area contributed by atoms with Gasteiger partial charge in [-0.3, -0.25) is 10.1 Å². The Hall–Kier alpha value is -2.11. The molecule has 0 amide bonds. The summed E-state index contributed by atoms with van der Waals surface area (Å²) in [5.74, 6) is 0.465. The molecule has 2 aromatic rings. The zero-order valence-corrected chi connectivity index (χ0v) is 12.1. The van der Waals surface area contributed by atoms with Gasteiger partial charge in [0.2, 0.25) is 0 Å². The predicted molar refractivity (Wildman–Crippen MR) is 79.5 cm³/mol. The standard InChI is InChI=1S/C15H14ClNO4/c1-10(18)12-5-6-15(14(16)8-12)21-9-11-3-2-4-13(7-11)17(19)20/h2-8,10,18H,9H2,1H3/t10-/m1/s1. The Morgan fingerprint density at radius 1 is 1.33 bits per heavy atom. The Balaban J connectivity index is 2.09. The van der Waals surface area contributed by atoms with Crippen molar-refractivity contribution >= 4 is 17.3 Å². The lowest BCUT2D eigenvalue weighted by atomic mass is 10.1. The van der Waals surface area contributed by atoms with Gasteiger partial charge in [0.1, 0.15) is 12.4 Å². The molecule has 5 nitrogen and oxygen atoms in total. The molecule has 0 saturated carbocycles. The van der Waals surface area contributed by atoms with Gasteiger partial charge in [0, 0.05) is 12.1 Å². The fourth-order valence-electron chi connectivity index (χ4n) is 1.81. The van der Waals surface area contributed by atoms with E-state index in [0.717, 1.165) is 0 Å². The summed E-state index contributed by atoms with van der Waals surface area (Å²) in [5.41, 5.74) is 1.40. The lowest BCUT2D eigenvalue weighted by Gasteiger charge is -2.11. The van der Waals surface area contributed by atoms with Crippen molar-refractivity contribution in [3.8, 4) is 5.75 Å². The van der Waals surface area contributed by atoms with Crippen LogP contribution in [0, 0.1) is 10.1 Å². The van der Waals surface area contributed by atoms with E-state index in [-0.39, 0.29) is 12.3 Å². The third-order valence-corrected chi connectivity index (χ3v) is 3.25. The zero-order chi connectivity index (χ0) is 15.4. The minimum absolute atomic E-state index is 0.0200. The van der Waals surface area contributed by atoms with Gasteiger partial charge in [-0.25, -0.2) is 0 Å². The van der Waals surface area contributed by atoms with Crippen molar-refractivity contribution in [3.05, 3.63) is 68.7 Å². The van der Waals surface area contributed by atoms with Gasteiger partial charge in [0.25, 0.3) is 5.69 Å². The first-order valence-electron chi connectivity index (χ1n) is 6.31. The van der Waals surface area contributed by atoms with E-state index in [9.17, 15) is 15.2 Å². The summed E-state index contributed by atoms with van der Waals surface area (Å²) in [5, 5.41) is 20.6. The molecule has 2 rings (SSSR count). The first-order chi connectivity index (χ1) is 9.97. The van der Waals surface area contributed by atoms with E-state index in [1.165, 1.54) is 12.1 Å². The molecule has 21 heavy (non-hydrogen) atoms. The van der Waals surface area contributed by atoms with Crippen molar-refractivity contribution < 1.29 is 14.8 Å². The fourth-order valence-corrected chi connectivity index (χ4v) is 2.06. The highest BCUT2D eigenvalue weighted by Gasteiger charge is 2.09. The Morgan fingerprint density at radius 3 is 2.71 bits per heavy atom. The minimum Gasteiger partial charge on any atom is -0.487 e. The number of nitro benzene ring substituents is 1. The third-order valence-electron chi connectivity index (χ3n) is 2.95. The van der Waals surface area contributed by atoms with E-state index < -0.39 is 11.0 Å². The maximum Gasteiger partial charge on any atom is 0.269 e. The summed E-state index contributed by atoms with van der Waals surface area (Å²) in [6, 6.07) is 11.3. The van der Waals surface area contributed by atoms with Crippen LogP contribution in [-0.4, -0.2) is 10.0 Å². The molecule has 0 aliphatic heterocycles. The normalized spacial score (nSPS) is 12.0. The Labute approximate surface area is 126 Å². The second-order valence-corrected chi connectivity index (χ2v) is 4.99. The van der Waals surface area contributed by atoms with Gasteiger partial charge in [-0.15, -0.1) is 0 Å². The first-order valence-corrected chi connectivity index (χ1v) is 6.69. The minimum atomic E-state index is -0.603. The number of hydrogen-bond donors (Lipinski definition) is 1. The number of nitro groups is 1. The Kier molecular flexibility index (Phi) is 4.77. The molecule has 0 spiro atoms. The summed E-state index contributed by atoms with van der Waals surface area (Å²) in [7, 11) is 0. The van der Waals surface area contributed by atoms with E-state index in [4.69, 9.17) is 16.3 Å². The molecule has 0 bridgehead atoms. The summed E-state index contributed by atoms with van der Waals surface area (Å²) in [4.78, 5) is 10.3. The second-order valence-electron chi connectivity index (χ2n) is 4.58. The van der Waals surface area contributed by atoms with Crippen LogP contribution in [0.3, 0.4) is 0 Å². The number of ether oxygens (including phenoxy) is 1. The highest BCUT2D eigenvalue weighted by Crippen LogP contribution is 2.28. The molecule has 0 saturated heterocycles. The highest BCUT2D eigenvalue weighted by atomic mass is 35.5. The smallest absolute Gasteiger partial charge is 0.269 e. The van der Waals surface area contributed by atoms with Crippen molar-refractivity contribution in [1.82, 2.24) is 0 Å². The van der Waals surface area contributed by atoms with E-state index in [1.54, 1.807) is 37.3 Å². The lowest BCUT2D eigenvalue weighted by Crippen LogP contribution is -1.98. The largest absolute Gasteiger partial charge is 0.487 e. The SMILES string of the molecule is C[C@@H](O)c1ccc(OCc2cccc([N+](=O)[O-])c2)c(Cl)c1. The van der Waals surface area contributed by atoms with Crippen LogP contribution in [-0.2, 0) is 6.61 Å². The van der Waals surface area contributed by atoms with Crippen LogP contribution in [0.15, 0.2) is 42.5 Å². The van der Waals surface area contributed by atoms with E-state index in [2.05, 4.69) is 0 Å². The highest BCUT2D eigenvalue weighted by molar-refractivity contribution is 6.32. The summed E-state index contributed by atoms with van der Waals surface area (Å²) in [6.07, 6.45) is -0.603. The quantitative estimate of drug-likeness (QED) is 0.672. The summed E-state index contributed by atoms with van der Waals surface area (Å²) >= 11 is 6.08. The summed E-state index contributed by atoms with van der Waals surface area (Å²) < 4.78 is 5.56. The average Bonchev–Trinajstić information content (AvgIpc) is 2.46. The van der Waals surface area contributed by atoms with Crippen LogP contribution in [0.5, 0.6) is 5.75 Å². The Morgan fingerprint density at radius 2 is 2.10 bits per heavy atom. The molecular weight excluding hydrogens is 294 g/mol. The number of aliphatic hydroxyl groups is 1. The molecule has 6 heteroatoms. The third kappa shape index (κ3) is 3.93. The van der Waals surface area contributed by atoms with Crippen molar-refractivity contribution in [2.75, 3.05) is 0 Å². The van der Waals surface area contributed by atoms with Gasteiger partial charge in [0.05, 0.1) is 16.0 Å². The number of halogens is 1. The molecule has 2 aromatic carbocycles. The van der Waals surface area contributed by atoms with Crippen LogP contribution >= 0.6 is 11.6 Å². The van der Waals surface area contributed by atoms with Crippen molar-refractivity contribution in [2.45, 2.75) is 19.6 Å². The molecule has 0 radical (unpaired) electrons. The lowest BCUT2D eigenvalue weighted by molar-refractivity contribution is -0.384. The van der Waals surface area contributed by atoms with Crippen LogP contribution in [0.25, 0.3) is 0 Å². The maximum atomic E-state index is 10.7. The summed E-state index contributed by atoms with van der Waals surface area (Å²) in [6.45, 7) is 1.82. The molecule has 0 unspecified atom stereocenters. The zero-order valence-electron chi connectivity index (χ0n) is 11.3. The molecule has 0 aliphatic carbocycles. The number of non-ortho nitro benzene ring substituents is 1. The number of nitrogens with zero attached hydrogens (tertiary/aromatic N) is 1. The molecule has 0 heterocycles. The maximum absolute atomic E-state index is 10.7. The average molecular weight is 308 g/mol. The molecule has 1 atom stereocenters. The van der Waals surface area contributed by atoms with Gasteiger partial charge in [-0.1, -0.05) is 29.8 Å². The molecule has 0 aromatic heterocycles. The number of benzene rings is 2. The molecule has 1 N–H and O–H groups in total. The molecule has 0 aliphatic rings. The van der Waals surface area contributed by atoms with Gasteiger partial charge >= 0.3 is 0 Å². The van der Waals surface area contributed by atoms with Crippen molar-refractivity contribution in [2.24, 2.45) is 0 Å². The Bertz CT molecular complexity index is 658. The van der Waals surface area contributed by atoms with Crippen LogP contribution in [0.4, 0.5) is 5.69 Å². The van der Waals surface area contributed by atoms with Crippen molar-refractivity contribution in [3.63, 3.8) is 0 Å². The second kappa shape index (κ2) is 6.56. The number of rotatable bonds is 5. The number of aliphatic hydroxyl groups excluding tert-OH is 1. The molecule has 0 fully saturated rings. The molecule has 110 valence electrons.